The number of benzene rings is 3. The summed E-state index contributed by atoms with van der Waals surface area (Å²) in [4.78, 5) is 78.7. The summed E-state index contributed by atoms with van der Waals surface area (Å²) in [6.07, 6.45) is 0.136. The van der Waals surface area contributed by atoms with Crippen LogP contribution >= 0.6 is 0 Å². The average molecular weight is 764 g/mol. The maximum atomic E-state index is 14.8. The second-order valence-electron chi connectivity index (χ2n) is 15.8. The molecular weight excluding hydrogens is 715 g/mol. The third-order valence-corrected chi connectivity index (χ3v) is 10.8. The van der Waals surface area contributed by atoms with Gasteiger partial charge in [-0.3, -0.25) is 14.5 Å². The summed E-state index contributed by atoms with van der Waals surface area (Å²) < 4.78 is 10.6. The van der Waals surface area contributed by atoms with E-state index in [4.69, 9.17) is 9.47 Å². The molecule has 294 valence electrons. The fourth-order valence-electron chi connectivity index (χ4n) is 7.76. The maximum absolute atomic E-state index is 14.8. The molecule has 3 fully saturated rings. The molecule has 7 rings (SSSR count). The Labute approximate surface area is 327 Å². The minimum Gasteiger partial charge on any atom is -0.465 e. The van der Waals surface area contributed by atoms with E-state index in [-0.39, 0.29) is 47.9 Å². The molecule has 4 aliphatic rings. The van der Waals surface area contributed by atoms with Crippen molar-refractivity contribution in [1.29, 1.82) is 0 Å². The molecule has 14 nitrogen and oxygen atoms in total. The molecule has 0 unspecified atom stereocenters. The number of ether oxygens (including phenoxy) is 2. The summed E-state index contributed by atoms with van der Waals surface area (Å²) in [5.74, 6) is -1.17. The van der Waals surface area contributed by atoms with Gasteiger partial charge in [-0.1, -0.05) is 36.4 Å². The van der Waals surface area contributed by atoms with E-state index in [1.165, 1.54) is 13.2 Å². The van der Waals surface area contributed by atoms with Gasteiger partial charge in [0.05, 0.1) is 48.3 Å². The first-order valence-electron chi connectivity index (χ1n) is 18.9. The maximum Gasteiger partial charge on any atom is 0.410 e. The van der Waals surface area contributed by atoms with Crippen LogP contribution in [-0.4, -0.2) is 134 Å². The molecule has 3 aromatic rings. The minimum atomic E-state index is -0.660. The van der Waals surface area contributed by atoms with Crippen molar-refractivity contribution in [2.24, 2.45) is 0 Å². The molecule has 5 amide bonds. The zero-order valence-corrected chi connectivity index (χ0v) is 32.8. The van der Waals surface area contributed by atoms with Crippen LogP contribution in [0.5, 0.6) is 0 Å². The number of nitrogens with zero attached hydrogens (tertiary/aromatic N) is 6. The Kier molecular flexibility index (Phi) is 10.6. The van der Waals surface area contributed by atoms with Crippen molar-refractivity contribution in [3.63, 3.8) is 0 Å². The predicted octanol–water partition coefficient (Wildman–Crippen LogP) is 4.82. The second-order valence-corrected chi connectivity index (χ2v) is 15.8. The van der Waals surface area contributed by atoms with E-state index >= 15 is 0 Å². The standard InChI is InChI=1S/C42H49N7O7/c1-42(2,3)56-41(54)48-25-31-23-32(48)24-47(31)40(53)49-34-22-28(39(52)55-6)12-17-33(34)36(38(49)51)37(27-10-8-7-9-11-27)43-29-13-15-30(16-14-29)45(5)35(50)26-46-20-18-44(4)19-21-46/h7-17,22,31-32,43H,18-21,23-26H2,1-6H3/b37-36-/t31-,32-/m0/s1. The summed E-state index contributed by atoms with van der Waals surface area (Å²) in [6.45, 7) is 9.83. The number of anilines is 3. The Morgan fingerprint density at radius 2 is 1.52 bits per heavy atom. The summed E-state index contributed by atoms with van der Waals surface area (Å²) in [5, 5.41) is 3.46. The van der Waals surface area contributed by atoms with Crippen molar-refractivity contribution in [2.75, 3.05) is 82.1 Å². The molecule has 0 radical (unpaired) electrons. The fraction of sp³-hybridized carbons (Fsp3) is 0.405. The number of rotatable bonds is 7. The predicted molar refractivity (Wildman–Crippen MR) is 213 cm³/mol. The molecule has 4 heterocycles. The Bertz CT molecular complexity index is 2060. The summed E-state index contributed by atoms with van der Waals surface area (Å²) in [6, 6.07) is 20.4. The first-order chi connectivity index (χ1) is 26.7. The van der Waals surface area contributed by atoms with Gasteiger partial charge in [-0.2, -0.15) is 0 Å². The van der Waals surface area contributed by atoms with Crippen molar-refractivity contribution < 1.29 is 33.4 Å². The lowest BCUT2D eigenvalue weighted by Crippen LogP contribution is -2.55. The number of piperazine rings is 2. The number of urea groups is 1. The van der Waals surface area contributed by atoms with Crippen LogP contribution in [0.3, 0.4) is 0 Å². The van der Waals surface area contributed by atoms with Gasteiger partial charge in [-0.25, -0.2) is 19.3 Å². The van der Waals surface area contributed by atoms with Gasteiger partial charge < -0.3 is 34.4 Å². The monoisotopic (exact) mass is 763 g/mol. The Balaban J connectivity index is 1.19. The van der Waals surface area contributed by atoms with Crippen LogP contribution in [0, 0.1) is 0 Å². The second kappa shape index (κ2) is 15.4. The SMILES string of the molecule is COC(=O)c1ccc2c(c1)N(C(=O)N1C[C@@H]3C[C@H]1CN3C(=O)OC(C)(C)C)C(=O)/C2=C(\Nc1ccc(N(C)C(=O)CN2CCN(C)CC2)cc1)c1ccccc1. The van der Waals surface area contributed by atoms with Gasteiger partial charge in [0.1, 0.15) is 5.60 Å². The van der Waals surface area contributed by atoms with Crippen LogP contribution in [-0.2, 0) is 19.1 Å². The number of likely N-dealkylation sites (tertiary alicyclic amines) is 2. The van der Waals surface area contributed by atoms with Gasteiger partial charge in [0.15, 0.2) is 0 Å². The minimum absolute atomic E-state index is 0.00429. The number of amides is 5. The van der Waals surface area contributed by atoms with Crippen LogP contribution in [0.1, 0.15) is 48.7 Å². The molecule has 0 aliphatic carbocycles. The summed E-state index contributed by atoms with van der Waals surface area (Å²) >= 11 is 0. The van der Waals surface area contributed by atoms with E-state index in [1.807, 2.05) is 75.4 Å². The number of methoxy groups -OCH3 is 1. The number of esters is 1. The van der Waals surface area contributed by atoms with Crippen molar-refractivity contribution in [3.8, 4) is 0 Å². The van der Waals surface area contributed by atoms with Crippen molar-refractivity contribution >= 4 is 58.2 Å². The van der Waals surface area contributed by atoms with Crippen molar-refractivity contribution in [2.45, 2.75) is 44.9 Å². The van der Waals surface area contributed by atoms with Gasteiger partial charge >= 0.3 is 18.1 Å². The zero-order chi connectivity index (χ0) is 39.9. The third-order valence-electron chi connectivity index (χ3n) is 10.8. The molecule has 0 aromatic heterocycles. The molecule has 1 N–H and O–H groups in total. The highest BCUT2D eigenvalue weighted by Crippen LogP contribution is 2.44. The molecule has 0 saturated carbocycles. The highest BCUT2D eigenvalue weighted by molar-refractivity contribution is 6.44. The van der Waals surface area contributed by atoms with Crippen LogP contribution < -0.4 is 15.1 Å². The van der Waals surface area contributed by atoms with E-state index in [2.05, 4.69) is 22.2 Å². The molecular formula is C42H49N7O7. The van der Waals surface area contributed by atoms with Crippen LogP contribution in [0.15, 0.2) is 72.8 Å². The lowest BCUT2D eigenvalue weighted by Gasteiger charge is -2.36. The summed E-state index contributed by atoms with van der Waals surface area (Å²) in [7, 11) is 5.12. The molecule has 2 bridgehead atoms. The highest BCUT2D eigenvalue weighted by Gasteiger charge is 2.51. The van der Waals surface area contributed by atoms with Gasteiger partial charge in [-0.05, 0) is 76.2 Å². The summed E-state index contributed by atoms with van der Waals surface area (Å²) in [5.41, 5.74) is 3.05. The highest BCUT2D eigenvalue weighted by atomic mass is 16.6. The van der Waals surface area contributed by atoms with Crippen LogP contribution in [0.2, 0.25) is 0 Å². The van der Waals surface area contributed by atoms with Gasteiger partial charge in [0, 0.05) is 63.3 Å². The van der Waals surface area contributed by atoms with Crippen LogP contribution in [0.4, 0.5) is 26.7 Å². The number of likely N-dealkylation sites (N-methyl/N-ethyl adjacent to an activating group) is 2. The zero-order valence-electron chi connectivity index (χ0n) is 32.8. The Morgan fingerprint density at radius 3 is 2.14 bits per heavy atom. The number of imide groups is 1. The molecule has 3 saturated heterocycles. The normalized spacial score (nSPS) is 20.5. The fourth-order valence-corrected chi connectivity index (χ4v) is 7.76. The van der Waals surface area contributed by atoms with Crippen molar-refractivity contribution in [3.05, 3.63) is 89.5 Å². The number of carbonyl (C=O) groups excluding carboxylic acids is 5. The first kappa shape index (κ1) is 38.5. The van der Waals surface area contributed by atoms with Crippen molar-refractivity contribution in [1.82, 2.24) is 19.6 Å². The molecule has 56 heavy (non-hydrogen) atoms. The third kappa shape index (κ3) is 7.71. The average Bonchev–Trinajstić information content (AvgIpc) is 3.88. The number of hydrogen-bond acceptors (Lipinski definition) is 10. The lowest BCUT2D eigenvalue weighted by atomic mass is 9.99. The molecule has 3 aromatic carbocycles. The quantitative estimate of drug-likeness (QED) is 0.264. The Hall–Kier alpha value is -5.73. The largest absolute Gasteiger partial charge is 0.465 e. The van der Waals surface area contributed by atoms with E-state index in [1.54, 1.807) is 33.9 Å². The number of carbonyl (C=O) groups is 5. The van der Waals surface area contributed by atoms with E-state index in [0.29, 0.717) is 35.5 Å². The first-order valence-corrected chi connectivity index (χ1v) is 18.9. The molecule has 14 heteroatoms. The van der Waals surface area contributed by atoms with Crippen LogP contribution in [0.25, 0.3) is 11.3 Å². The molecule has 2 atom stereocenters. The molecule has 0 spiro atoms. The number of fused-ring (bicyclic) bond motifs is 3. The van der Waals surface area contributed by atoms with E-state index in [0.717, 1.165) is 36.8 Å². The Morgan fingerprint density at radius 1 is 0.857 bits per heavy atom. The lowest BCUT2D eigenvalue weighted by molar-refractivity contribution is -0.119. The molecule has 4 aliphatic heterocycles. The van der Waals surface area contributed by atoms with Gasteiger partial charge in [0.2, 0.25) is 5.91 Å². The van der Waals surface area contributed by atoms with E-state index < -0.39 is 29.6 Å². The number of nitrogens with one attached hydrogen (secondary N) is 1. The van der Waals surface area contributed by atoms with Gasteiger partial charge in [0.25, 0.3) is 5.91 Å². The topological polar surface area (TPSA) is 135 Å². The van der Waals surface area contributed by atoms with Gasteiger partial charge in [-0.15, -0.1) is 0 Å². The smallest absolute Gasteiger partial charge is 0.410 e. The number of hydrogen-bond donors (Lipinski definition) is 1. The van der Waals surface area contributed by atoms with E-state index in [9.17, 15) is 24.0 Å².